The predicted octanol–water partition coefficient (Wildman–Crippen LogP) is 5.27. The zero-order valence-electron chi connectivity index (χ0n) is 20.9. The molecule has 0 saturated heterocycles. The van der Waals surface area contributed by atoms with Crippen LogP contribution in [0.15, 0.2) is 71.7 Å². The lowest BCUT2D eigenvalue weighted by atomic mass is 10.1. The molecule has 186 valence electrons. The highest BCUT2D eigenvalue weighted by molar-refractivity contribution is 5.66. The van der Waals surface area contributed by atoms with Crippen molar-refractivity contribution in [3.63, 3.8) is 0 Å². The van der Waals surface area contributed by atoms with Crippen LogP contribution in [0.5, 0.6) is 5.75 Å². The van der Waals surface area contributed by atoms with Crippen LogP contribution >= 0.6 is 0 Å². The Morgan fingerprint density at radius 2 is 1.76 bits per heavy atom. The van der Waals surface area contributed by atoms with Gasteiger partial charge in [0.05, 0.1) is 21.9 Å². The van der Waals surface area contributed by atoms with E-state index in [1.54, 1.807) is 37.4 Å². The molecule has 5 rings (SSSR count). The Labute approximate surface area is 212 Å². The molecule has 9 nitrogen and oxygen atoms in total. The number of nitro benzene ring substituents is 1. The van der Waals surface area contributed by atoms with E-state index in [4.69, 9.17) is 14.8 Å². The van der Waals surface area contributed by atoms with Crippen LogP contribution < -0.4 is 10.3 Å². The van der Waals surface area contributed by atoms with Gasteiger partial charge in [0, 0.05) is 24.0 Å². The lowest BCUT2D eigenvalue weighted by molar-refractivity contribution is -0.384. The Balaban J connectivity index is 1.51. The molecule has 0 unspecified atom stereocenters. The van der Waals surface area contributed by atoms with Crippen LogP contribution in [0.2, 0.25) is 0 Å². The third-order valence-electron chi connectivity index (χ3n) is 6.26. The Bertz CT molecular complexity index is 1720. The van der Waals surface area contributed by atoms with E-state index < -0.39 is 4.92 Å². The van der Waals surface area contributed by atoms with Crippen molar-refractivity contribution in [1.82, 2.24) is 19.2 Å². The maximum atomic E-state index is 13.6. The number of hydrogen-bond acceptors (Lipinski definition) is 6. The minimum atomic E-state index is -0.446. The number of aryl methyl sites for hydroxylation is 4. The molecular formula is C28H25N5O4. The summed E-state index contributed by atoms with van der Waals surface area (Å²) in [7, 11) is 0. The van der Waals surface area contributed by atoms with Crippen LogP contribution in [0.3, 0.4) is 0 Å². The molecule has 0 aliphatic heterocycles. The van der Waals surface area contributed by atoms with Crippen LogP contribution in [0.25, 0.3) is 22.6 Å². The lowest BCUT2D eigenvalue weighted by Crippen LogP contribution is -2.19. The van der Waals surface area contributed by atoms with Gasteiger partial charge in [-0.1, -0.05) is 17.7 Å². The van der Waals surface area contributed by atoms with E-state index in [2.05, 4.69) is 6.07 Å². The smallest absolute Gasteiger partial charge is 0.269 e. The second-order valence-electron chi connectivity index (χ2n) is 9.03. The van der Waals surface area contributed by atoms with E-state index in [9.17, 15) is 14.9 Å². The summed E-state index contributed by atoms with van der Waals surface area (Å²) < 4.78 is 9.26. The van der Waals surface area contributed by atoms with Crippen molar-refractivity contribution in [2.24, 2.45) is 0 Å². The lowest BCUT2D eigenvalue weighted by Gasteiger charge is -2.12. The van der Waals surface area contributed by atoms with Gasteiger partial charge in [0.1, 0.15) is 12.3 Å². The molecule has 0 aliphatic rings. The molecule has 2 aromatic carbocycles. The molecule has 0 fully saturated rings. The first-order valence-corrected chi connectivity index (χ1v) is 11.8. The van der Waals surface area contributed by atoms with E-state index in [1.165, 1.54) is 22.1 Å². The van der Waals surface area contributed by atoms with Crippen molar-refractivity contribution >= 4 is 11.3 Å². The number of fused-ring (bicyclic) bond motifs is 1. The van der Waals surface area contributed by atoms with E-state index in [0.717, 1.165) is 22.5 Å². The Morgan fingerprint density at radius 3 is 2.46 bits per heavy atom. The van der Waals surface area contributed by atoms with Crippen LogP contribution in [-0.2, 0) is 6.61 Å². The van der Waals surface area contributed by atoms with Gasteiger partial charge < -0.3 is 4.74 Å². The van der Waals surface area contributed by atoms with Crippen LogP contribution in [0.1, 0.15) is 28.1 Å². The number of non-ortho nitro benzene ring substituents is 1. The van der Waals surface area contributed by atoms with E-state index in [-0.39, 0.29) is 17.9 Å². The maximum Gasteiger partial charge on any atom is 0.269 e. The third kappa shape index (κ3) is 4.47. The fraction of sp³-hybridized carbons (Fsp3) is 0.179. The SMILES string of the molecule is Cc1ccc(-n2nc(-c3c(C)nc4c(OCc5ccc([N+](=O)[O-])cc5)cccn4c3=O)cc2C)c(C)c1. The second-order valence-corrected chi connectivity index (χ2v) is 9.03. The maximum absolute atomic E-state index is 13.6. The van der Waals surface area contributed by atoms with Crippen molar-refractivity contribution in [2.75, 3.05) is 0 Å². The van der Waals surface area contributed by atoms with E-state index >= 15 is 0 Å². The molecule has 0 spiro atoms. The second kappa shape index (κ2) is 9.34. The van der Waals surface area contributed by atoms with Crippen LogP contribution in [-0.4, -0.2) is 24.1 Å². The first-order valence-electron chi connectivity index (χ1n) is 11.8. The van der Waals surface area contributed by atoms with Gasteiger partial charge >= 0.3 is 0 Å². The number of pyridine rings is 1. The van der Waals surface area contributed by atoms with Gasteiger partial charge in [-0.05, 0) is 75.2 Å². The van der Waals surface area contributed by atoms with Gasteiger partial charge in [-0.25, -0.2) is 9.67 Å². The van der Waals surface area contributed by atoms with Gasteiger partial charge in [-0.2, -0.15) is 5.10 Å². The summed E-state index contributed by atoms with van der Waals surface area (Å²) in [6.45, 7) is 8.01. The molecule has 9 heteroatoms. The molecule has 0 amide bonds. The molecule has 0 aliphatic carbocycles. The highest BCUT2D eigenvalue weighted by atomic mass is 16.6. The largest absolute Gasteiger partial charge is 0.485 e. The monoisotopic (exact) mass is 495 g/mol. The first-order chi connectivity index (χ1) is 17.7. The summed E-state index contributed by atoms with van der Waals surface area (Å²) in [5.74, 6) is 0.435. The summed E-state index contributed by atoms with van der Waals surface area (Å²) in [6.07, 6.45) is 1.65. The average molecular weight is 496 g/mol. The van der Waals surface area contributed by atoms with Gasteiger partial charge in [-0.3, -0.25) is 19.3 Å². The third-order valence-corrected chi connectivity index (χ3v) is 6.26. The Hall–Kier alpha value is -4.79. The number of nitrogens with zero attached hydrogens (tertiary/aromatic N) is 5. The number of rotatable bonds is 6. The van der Waals surface area contributed by atoms with E-state index in [0.29, 0.717) is 28.3 Å². The molecule has 0 bridgehead atoms. The highest BCUT2D eigenvalue weighted by Gasteiger charge is 2.19. The summed E-state index contributed by atoms with van der Waals surface area (Å²) >= 11 is 0. The van der Waals surface area contributed by atoms with Gasteiger partial charge in [0.25, 0.3) is 11.2 Å². The zero-order valence-corrected chi connectivity index (χ0v) is 20.9. The normalized spacial score (nSPS) is 11.1. The molecule has 0 N–H and O–H groups in total. The van der Waals surface area contributed by atoms with Crippen molar-refractivity contribution in [1.29, 1.82) is 0 Å². The summed E-state index contributed by atoms with van der Waals surface area (Å²) in [5, 5.41) is 15.7. The molecule has 0 atom stereocenters. The summed E-state index contributed by atoms with van der Waals surface area (Å²) in [6, 6.07) is 17.7. The molecule has 5 aromatic rings. The molecule has 3 heterocycles. The molecular weight excluding hydrogens is 470 g/mol. The minimum absolute atomic E-state index is 0.0144. The van der Waals surface area contributed by atoms with Gasteiger partial charge in [0.15, 0.2) is 11.4 Å². The van der Waals surface area contributed by atoms with Crippen molar-refractivity contribution in [3.05, 3.63) is 115 Å². The predicted molar refractivity (Wildman–Crippen MR) is 140 cm³/mol. The minimum Gasteiger partial charge on any atom is -0.485 e. The van der Waals surface area contributed by atoms with E-state index in [1.807, 2.05) is 43.7 Å². The zero-order chi connectivity index (χ0) is 26.3. The fourth-order valence-electron chi connectivity index (χ4n) is 4.41. The first kappa shape index (κ1) is 23.9. The molecule has 37 heavy (non-hydrogen) atoms. The van der Waals surface area contributed by atoms with Crippen molar-refractivity contribution < 1.29 is 9.66 Å². The topological polar surface area (TPSA) is 105 Å². The van der Waals surface area contributed by atoms with Crippen LogP contribution in [0, 0.1) is 37.8 Å². The fourth-order valence-corrected chi connectivity index (χ4v) is 4.41. The molecule has 3 aromatic heterocycles. The average Bonchev–Trinajstić information content (AvgIpc) is 3.23. The quantitative estimate of drug-likeness (QED) is 0.235. The van der Waals surface area contributed by atoms with Crippen LogP contribution in [0.4, 0.5) is 5.69 Å². The Morgan fingerprint density at radius 1 is 1.00 bits per heavy atom. The number of benzene rings is 2. The number of hydrogen-bond donors (Lipinski definition) is 0. The number of ether oxygens (including phenoxy) is 1. The Kier molecular flexibility index (Phi) is 6.04. The summed E-state index contributed by atoms with van der Waals surface area (Å²) in [4.78, 5) is 28.7. The van der Waals surface area contributed by atoms with Gasteiger partial charge in [0.2, 0.25) is 0 Å². The highest BCUT2D eigenvalue weighted by Crippen LogP contribution is 2.26. The summed E-state index contributed by atoms with van der Waals surface area (Å²) in [5.41, 5.74) is 6.58. The number of aromatic nitrogens is 4. The molecule has 0 radical (unpaired) electrons. The number of nitro groups is 1. The van der Waals surface area contributed by atoms with Crippen molar-refractivity contribution in [2.45, 2.75) is 34.3 Å². The molecule has 0 saturated carbocycles. The standard InChI is InChI=1S/C28H25N5O4/c1-17-7-12-24(18(2)14-17)32-19(3)15-23(30-32)26-20(4)29-27-25(6-5-13-31(27)28(26)34)37-16-21-8-10-22(11-9-21)33(35)36/h5-15H,16H2,1-4H3. The van der Waals surface area contributed by atoms with Gasteiger partial charge in [-0.15, -0.1) is 0 Å². The van der Waals surface area contributed by atoms with Crippen molar-refractivity contribution in [3.8, 4) is 22.7 Å².